The van der Waals surface area contributed by atoms with Crippen molar-refractivity contribution in [2.24, 2.45) is 50.2 Å². The first-order valence-electron chi connectivity index (χ1n) is 45.5. The highest BCUT2D eigenvalue weighted by molar-refractivity contribution is 5.80. The molecule has 9 rings (SSSR count). The van der Waals surface area contributed by atoms with Crippen LogP contribution < -0.4 is 4.84 Å². The minimum Gasteiger partial charge on any atom is -0.506 e. The van der Waals surface area contributed by atoms with Gasteiger partial charge in [0.25, 0.3) is 18.4 Å². The maximum Gasteiger partial charge on any atom is 0.338 e. The van der Waals surface area contributed by atoms with E-state index in [0.717, 1.165) is 27.7 Å². The number of carbonyl (C=O) groups is 4. The fraction of sp³-hybridized carbons (Fsp3) is 0.784. The third kappa shape index (κ3) is 23.4. The van der Waals surface area contributed by atoms with Crippen LogP contribution in [0.25, 0.3) is 11.2 Å². The molecular weight excluding hydrogens is 1850 g/mol. The molecule has 7 aliphatic rings. The van der Waals surface area contributed by atoms with Crippen LogP contribution in [0.15, 0.2) is 76.1 Å². The van der Waals surface area contributed by atoms with Gasteiger partial charge in [-0.2, -0.15) is 0 Å². The van der Waals surface area contributed by atoms with Gasteiger partial charge in [0, 0.05) is 32.8 Å². The van der Waals surface area contributed by atoms with Gasteiger partial charge in [-0.05, 0) is 159 Å². The number of nitrogens with zero attached hydrogens (tertiary/aromatic N) is 4. The molecule has 6 fully saturated rings. The van der Waals surface area contributed by atoms with Gasteiger partial charge >= 0.3 is 17.9 Å². The van der Waals surface area contributed by atoms with Crippen molar-refractivity contribution in [2.45, 2.75) is 357 Å². The summed E-state index contributed by atoms with van der Waals surface area (Å²) in [7, 11) is 0. The summed E-state index contributed by atoms with van der Waals surface area (Å²) >= 11 is 0. The molecule has 5 aliphatic carbocycles. The predicted molar refractivity (Wildman–Crippen MR) is 458 cm³/mol. The van der Waals surface area contributed by atoms with E-state index in [4.69, 9.17) is 61.7 Å². The molecule has 4 saturated carbocycles. The second-order valence-electron chi connectivity index (χ2n) is 38.3. The molecule has 138 heavy (non-hydrogen) atoms. The number of hydrogen-bond acceptors (Lipinski definition) is 49. The first-order valence-corrected chi connectivity index (χ1v) is 45.5. The van der Waals surface area contributed by atoms with Gasteiger partial charge in [-0.15, -0.1) is 5.10 Å². The summed E-state index contributed by atoms with van der Waals surface area (Å²) in [5.74, 6) is -21.0. The normalized spacial score (nSPS) is 34.5. The fourth-order valence-corrected chi connectivity index (χ4v) is 20.8. The largest absolute Gasteiger partial charge is 0.506 e. The summed E-state index contributed by atoms with van der Waals surface area (Å²) in [5, 5.41) is 332. The lowest BCUT2D eigenvalue weighted by Crippen LogP contribution is -2.69. The number of allylic oxidation sites excluding steroid dienone is 2. The number of pyridine rings is 1. The molecule has 0 amide bonds. The Morgan fingerprint density at radius 1 is 0.638 bits per heavy atom. The van der Waals surface area contributed by atoms with Crippen molar-refractivity contribution in [3.05, 3.63) is 76.1 Å². The van der Waals surface area contributed by atoms with E-state index >= 15 is 4.79 Å². The number of aldehydes is 1. The molecular formula is C88H138N4O46. The smallest absolute Gasteiger partial charge is 0.338 e. The summed E-state index contributed by atoms with van der Waals surface area (Å²) in [6.45, 7) is 14.0. The summed E-state index contributed by atoms with van der Waals surface area (Å²) in [6.07, 6.45) is -64.1. The van der Waals surface area contributed by atoms with Gasteiger partial charge in [-0.1, -0.05) is 67.0 Å². The van der Waals surface area contributed by atoms with E-state index in [9.17, 15) is 162 Å². The van der Waals surface area contributed by atoms with Crippen LogP contribution in [0, 0.1) is 50.2 Å². The van der Waals surface area contributed by atoms with Crippen molar-refractivity contribution in [3.63, 3.8) is 0 Å². The molecule has 4 heterocycles. The number of aliphatic hydroxyl groups is 29. The number of aromatic nitrogens is 4. The van der Waals surface area contributed by atoms with Crippen LogP contribution in [-0.4, -0.2) is 403 Å². The molecule has 0 aromatic carbocycles. The average Bonchev–Trinajstić information content (AvgIpc) is 0.677. The van der Waals surface area contributed by atoms with Crippen LogP contribution in [0.5, 0.6) is 0 Å². The topological polar surface area (TPSA) is 819 Å². The zero-order chi connectivity index (χ0) is 103. The summed E-state index contributed by atoms with van der Waals surface area (Å²) in [4.78, 5) is 67.3. The summed E-state index contributed by atoms with van der Waals surface area (Å²) < 4.78 is 69.7. The molecule has 50 heteroatoms. The van der Waals surface area contributed by atoms with E-state index in [1.54, 1.807) is 0 Å². The highest BCUT2D eigenvalue weighted by atomic mass is 16.8. The number of ether oxygens (including phenoxy) is 12. The molecule has 31 unspecified atom stereocenters. The van der Waals surface area contributed by atoms with Crippen molar-refractivity contribution < 1.29 is 229 Å². The first-order chi connectivity index (χ1) is 64.5. The predicted octanol–water partition coefficient (Wildman–Crippen LogP) is -4.78. The van der Waals surface area contributed by atoms with Crippen molar-refractivity contribution in [2.75, 3.05) is 26.4 Å². The van der Waals surface area contributed by atoms with Crippen molar-refractivity contribution in [1.82, 2.24) is 20.1 Å². The molecule has 2 aromatic rings. The Morgan fingerprint density at radius 2 is 1.27 bits per heavy atom. The first kappa shape index (κ1) is 114. The van der Waals surface area contributed by atoms with Gasteiger partial charge in [0.15, 0.2) is 53.4 Å². The SMILES string of the molecule is CCC(OC(C)=O)C(OC1OCC(O)C(O)C1O)C(O)C(O)OC(CC)C(O)C(CO)(OC(=O)[C@]12CCC(C)(C)CC1C1=CCC3[C@@]4(C)CC[C@H](OC(O)/C(OC(O)/C(O)=C(\O)C(O)CCO)=C(/OC(O)/C(O)=C(\O)C(C)O)C(O)CC(=O)On5nnc6cccnc65)[C@@](C)(C=O)C4CC[C@@]3(C)[C@]1(C)C[C@H]2O)OC1OC(C)C(OC(O)/C(O)=C(\OC(O)C(O)C(O)C(O)CCO)C(C)O)C(O)C1O. The van der Waals surface area contributed by atoms with Crippen LogP contribution in [0.4, 0.5) is 0 Å². The van der Waals surface area contributed by atoms with E-state index in [2.05, 4.69) is 15.3 Å². The average molecular weight is 1990 g/mol. The molecule has 29 N–H and O–H groups in total. The Hall–Kier alpha value is -7.51. The highest BCUT2D eigenvalue weighted by Crippen LogP contribution is 2.76. The quantitative estimate of drug-likeness (QED) is 0.00739. The summed E-state index contributed by atoms with van der Waals surface area (Å²) in [5.41, 5.74) is -7.07. The van der Waals surface area contributed by atoms with Crippen LogP contribution in [0.1, 0.15) is 173 Å². The molecule has 786 valence electrons. The third-order valence-corrected chi connectivity index (χ3v) is 28.8. The number of fused-ring (bicyclic) bond motifs is 8. The molecule has 0 spiro atoms. The molecule has 2 aliphatic heterocycles. The van der Waals surface area contributed by atoms with Gasteiger partial charge in [-0.3, -0.25) is 9.59 Å². The summed E-state index contributed by atoms with van der Waals surface area (Å²) in [6, 6.07) is 2.92. The van der Waals surface area contributed by atoms with Gasteiger partial charge in [0.1, 0.15) is 121 Å². The zero-order valence-corrected chi connectivity index (χ0v) is 78.3. The molecule has 0 radical (unpaired) electrons. The Labute approximate surface area is 791 Å². The van der Waals surface area contributed by atoms with Gasteiger partial charge < -0.3 is 215 Å². The van der Waals surface area contributed by atoms with Crippen LogP contribution in [-0.2, 0) is 76.0 Å². The van der Waals surface area contributed by atoms with Crippen LogP contribution in [0.2, 0.25) is 0 Å². The maximum absolute atomic E-state index is 16.6. The Bertz CT molecular complexity index is 4570. The number of esters is 2. The Balaban J connectivity index is 1.08. The van der Waals surface area contributed by atoms with Crippen LogP contribution >= 0.6 is 0 Å². The highest BCUT2D eigenvalue weighted by Gasteiger charge is 2.73. The minimum atomic E-state index is -3.45. The van der Waals surface area contributed by atoms with Gasteiger partial charge in [0.2, 0.25) is 36.0 Å². The van der Waals surface area contributed by atoms with E-state index in [-0.39, 0.29) is 75.4 Å². The lowest BCUT2D eigenvalue weighted by Gasteiger charge is -2.71. The lowest BCUT2D eigenvalue weighted by atomic mass is 9.33. The van der Waals surface area contributed by atoms with Crippen molar-refractivity contribution in [3.8, 4) is 0 Å². The van der Waals surface area contributed by atoms with E-state index < -0.39 is 351 Å². The Morgan fingerprint density at radius 3 is 1.87 bits per heavy atom. The zero-order valence-electron chi connectivity index (χ0n) is 78.3. The number of rotatable bonds is 46. The lowest BCUT2D eigenvalue weighted by molar-refractivity contribution is -0.398. The molecule has 0 bridgehead atoms. The number of hydrogen-bond donors (Lipinski definition) is 29. The maximum atomic E-state index is 16.6. The molecule has 2 aromatic heterocycles. The van der Waals surface area contributed by atoms with Crippen molar-refractivity contribution in [1.29, 1.82) is 0 Å². The van der Waals surface area contributed by atoms with Crippen LogP contribution in [0.3, 0.4) is 0 Å². The van der Waals surface area contributed by atoms with Crippen molar-refractivity contribution >= 4 is 35.4 Å². The standard InChI is InChI=1S/C88H138N4O46/c1-13-47(128-39(6)99)69(135-79-62(114)57(109)46(103)33-126-79)65(117)76(122)129-48(14-2)71(118)88(35-96,136-80-63(115)58(110)67(38(5)127-80)132-77(123)64(116)66(37(4)98)131-74(120)60(112)55(107)43(100)21-28-93)137-81(125)87-26-25-82(7,8)31-41(87)40-17-18-50-83(9)23-20-52(84(10,34-95)49(83)19-24-85(50,11)86(40,12)32-51(87)104)130-78(124)70(134-75(121)61(113)56(108)44(101)22-29-94)68(133-73(119)59(111)54(106)36(3)97)45(102)30-53(105)138-92-72-42(90-91-92)16-15-27-89-72/h15-17,27,34,36-38,41,43-52,55,57-58,60,62-63,65,67,69,71,73-80,93-94,96-98,100-104,106-124H,13-14,18-26,28-33,35H2,1-12H3/b59-54+,61-56+,66-64+,70-68-/t36?,37?,38?,41?,43?,44?,45?,46?,47?,48?,49?,50?,51-,52+,55?,57?,58?,60?,62?,63?,65?,67?,69?,71?,73?,74?,75?,76?,77?,78?,79?,80?,83+,84+,85-,86-,87-,88?/m1/s1. The fourth-order valence-electron chi connectivity index (χ4n) is 20.8. The second-order valence-corrected chi connectivity index (χ2v) is 38.3. The van der Waals surface area contributed by atoms with Gasteiger partial charge in [-0.25, -0.2) is 9.78 Å². The number of carbonyl (C=O) groups excluding carboxylic acids is 4. The number of aliphatic hydroxyl groups excluding tert-OH is 29. The third-order valence-electron chi connectivity index (χ3n) is 28.8. The second kappa shape index (κ2) is 46.5. The monoisotopic (exact) mass is 1990 g/mol. The molecule has 38 atom stereocenters. The van der Waals surface area contributed by atoms with E-state index in [0.29, 0.717) is 16.7 Å². The molecule has 50 nitrogen and oxygen atoms in total. The molecule has 2 saturated heterocycles. The van der Waals surface area contributed by atoms with E-state index in [1.807, 2.05) is 40.7 Å². The van der Waals surface area contributed by atoms with Gasteiger partial charge in [0.05, 0.1) is 49.0 Å². The Kier molecular flexibility index (Phi) is 38.4. The minimum absolute atomic E-state index is 0.0924. The van der Waals surface area contributed by atoms with E-state index in [1.165, 1.54) is 39.1 Å².